The Morgan fingerprint density at radius 1 is 1.17 bits per heavy atom. The van der Waals surface area contributed by atoms with Gasteiger partial charge in [-0.25, -0.2) is 0 Å². The van der Waals surface area contributed by atoms with Crippen LogP contribution in [-0.2, 0) is 19.4 Å². The van der Waals surface area contributed by atoms with Gasteiger partial charge in [0.1, 0.15) is 5.76 Å². The van der Waals surface area contributed by atoms with E-state index in [1.165, 1.54) is 0 Å². The van der Waals surface area contributed by atoms with Crippen LogP contribution in [0.25, 0.3) is 0 Å². The van der Waals surface area contributed by atoms with Gasteiger partial charge in [-0.2, -0.15) is 0 Å². The maximum atomic E-state index is 5.55. The number of aromatic nitrogens is 2. The summed E-state index contributed by atoms with van der Waals surface area (Å²) in [5.41, 5.74) is 0.0444. The third-order valence-corrected chi connectivity index (χ3v) is 2.44. The van der Waals surface area contributed by atoms with Gasteiger partial charge >= 0.3 is 0 Å². The van der Waals surface area contributed by atoms with E-state index in [-0.39, 0.29) is 5.54 Å². The van der Waals surface area contributed by atoms with E-state index < -0.39 is 0 Å². The van der Waals surface area contributed by atoms with Gasteiger partial charge in [0, 0.05) is 18.4 Å². The first-order valence-electron chi connectivity index (χ1n) is 6.11. The highest BCUT2D eigenvalue weighted by atomic mass is 16.4. The number of furan rings is 1. The van der Waals surface area contributed by atoms with Crippen molar-refractivity contribution >= 4 is 0 Å². The summed E-state index contributed by atoms with van der Waals surface area (Å²) >= 11 is 0. The lowest BCUT2D eigenvalue weighted by Gasteiger charge is -2.18. The van der Waals surface area contributed by atoms with E-state index in [1.807, 2.05) is 12.1 Å². The molecule has 0 fully saturated rings. The van der Waals surface area contributed by atoms with Gasteiger partial charge in [-0.05, 0) is 32.9 Å². The molecule has 18 heavy (non-hydrogen) atoms. The molecule has 0 aliphatic heterocycles. The average molecular weight is 249 g/mol. The molecular weight excluding hydrogens is 230 g/mol. The first-order chi connectivity index (χ1) is 8.53. The second-order valence-corrected chi connectivity index (χ2v) is 5.27. The van der Waals surface area contributed by atoms with Crippen LogP contribution in [0.15, 0.2) is 27.2 Å². The summed E-state index contributed by atoms with van der Waals surface area (Å²) in [6.07, 6.45) is 3.15. The van der Waals surface area contributed by atoms with E-state index in [2.05, 4.69) is 36.3 Å². The fraction of sp³-hybridized carbons (Fsp3) is 0.538. The average Bonchev–Trinajstić information content (AvgIpc) is 2.94. The number of nitrogens with zero attached hydrogens (tertiary/aromatic N) is 2. The molecule has 2 heterocycles. The Morgan fingerprint density at radius 2 is 1.94 bits per heavy atom. The molecule has 0 amide bonds. The Kier molecular flexibility index (Phi) is 3.81. The van der Waals surface area contributed by atoms with E-state index in [1.54, 1.807) is 6.26 Å². The normalized spacial score (nSPS) is 11.9. The van der Waals surface area contributed by atoms with E-state index >= 15 is 0 Å². The van der Waals surface area contributed by atoms with Gasteiger partial charge in [0.25, 0.3) is 0 Å². The summed E-state index contributed by atoms with van der Waals surface area (Å²) in [5.74, 6) is 2.21. The van der Waals surface area contributed by atoms with Crippen LogP contribution < -0.4 is 5.32 Å². The van der Waals surface area contributed by atoms with Crippen molar-refractivity contribution in [1.29, 1.82) is 0 Å². The molecule has 0 aliphatic rings. The quantitative estimate of drug-likeness (QED) is 0.881. The predicted molar refractivity (Wildman–Crippen MR) is 67.0 cm³/mol. The van der Waals surface area contributed by atoms with Gasteiger partial charge in [0.15, 0.2) is 0 Å². The van der Waals surface area contributed by atoms with Gasteiger partial charge in [-0.3, -0.25) is 0 Å². The van der Waals surface area contributed by atoms with Crippen molar-refractivity contribution in [2.75, 3.05) is 0 Å². The van der Waals surface area contributed by atoms with Crippen LogP contribution >= 0.6 is 0 Å². The Morgan fingerprint density at radius 3 is 2.61 bits per heavy atom. The zero-order valence-electron chi connectivity index (χ0n) is 11.1. The smallest absolute Gasteiger partial charge is 0.230 e. The van der Waals surface area contributed by atoms with Crippen LogP contribution in [0.2, 0.25) is 0 Å². The summed E-state index contributed by atoms with van der Waals surface area (Å²) in [7, 11) is 0. The van der Waals surface area contributed by atoms with E-state index in [0.717, 1.165) is 12.2 Å². The highest BCUT2D eigenvalue weighted by Gasteiger charge is 2.12. The number of aryl methyl sites for hydroxylation is 2. The maximum absolute atomic E-state index is 5.55. The minimum Gasteiger partial charge on any atom is -0.469 e. The van der Waals surface area contributed by atoms with E-state index in [0.29, 0.717) is 24.7 Å². The number of hydrogen-bond acceptors (Lipinski definition) is 5. The molecule has 5 nitrogen and oxygen atoms in total. The molecule has 0 spiro atoms. The SMILES string of the molecule is CC(C)(C)NCc1nnc(CCc2ccco2)o1. The third-order valence-electron chi connectivity index (χ3n) is 2.44. The Balaban J connectivity index is 1.82. The molecule has 0 saturated heterocycles. The summed E-state index contributed by atoms with van der Waals surface area (Å²) in [5, 5.41) is 11.3. The number of rotatable bonds is 5. The summed E-state index contributed by atoms with van der Waals surface area (Å²) in [4.78, 5) is 0. The van der Waals surface area contributed by atoms with Crippen LogP contribution in [0.1, 0.15) is 38.3 Å². The van der Waals surface area contributed by atoms with Crippen molar-refractivity contribution in [3.8, 4) is 0 Å². The molecule has 2 aromatic rings. The van der Waals surface area contributed by atoms with Gasteiger partial charge in [-0.1, -0.05) is 0 Å². The molecule has 2 rings (SSSR count). The highest BCUT2D eigenvalue weighted by Crippen LogP contribution is 2.08. The van der Waals surface area contributed by atoms with Gasteiger partial charge in [0.05, 0.1) is 12.8 Å². The molecule has 0 atom stereocenters. The van der Waals surface area contributed by atoms with Crippen LogP contribution in [-0.4, -0.2) is 15.7 Å². The second-order valence-electron chi connectivity index (χ2n) is 5.27. The van der Waals surface area contributed by atoms with Crippen molar-refractivity contribution in [2.45, 2.75) is 45.7 Å². The van der Waals surface area contributed by atoms with E-state index in [4.69, 9.17) is 8.83 Å². The van der Waals surface area contributed by atoms with Crippen molar-refractivity contribution in [1.82, 2.24) is 15.5 Å². The first-order valence-corrected chi connectivity index (χ1v) is 6.11. The lowest BCUT2D eigenvalue weighted by Crippen LogP contribution is -2.35. The Hall–Kier alpha value is -1.62. The lowest BCUT2D eigenvalue weighted by molar-refractivity contribution is 0.369. The van der Waals surface area contributed by atoms with Crippen LogP contribution in [0.4, 0.5) is 0 Å². The molecule has 98 valence electrons. The Bertz CT molecular complexity index is 469. The summed E-state index contributed by atoms with van der Waals surface area (Å²) in [6.45, 7) is 6.89. The zero-order chi connectivity index (χ0) is 13.0. The first kappa shape index (κ1) is 12.8. The number of nitrogens with one attached hydrogen (secondary N) is 1. The van der Waals surface area contributed by atoms with Crippen molar-refractivity contribution in [3.63, 3.8) is 0 Å². The summed E-state index contributed by atoms with van der Waals surface area (Å²) in [6, 6.07) is 3.82. The molecule has 0 saturated carbocycles. The third kappa shape index (κ3) is 4.00. The second kappa shape index (κ2) is 5.35. The molecule has 0 aliphatic carbocycles. The standard InChI is InChI=1S/C13H19N3O2/c1-13(2,3)14-9-12-16-15-11(18-12)7-6-10-5-4-8-17-10/h4-5,8,14H,6-7,9H2,1-3H3. The monoisotopic (exact) mass is 249 g/mol. The van der Waals surface area contributed by atoms with Crippen LogP contribution in [0.5, 0.6) is 0 Å². The van der Waals surface area contributed by atoms with E-state index in [9.17, 15) is 0 Å². The minimum atomic E-state index is 0.0444. The van der Waals surface area contributed by atoms with Crippen LogP contribution in [0, 0.1) is 0 Å². The fourth-order valence-electron chi connectivity index (χ4n) is 1.49. The largest absolute Gasteiger partial charge is 0.469 e. The van der Waals surface area contributed by atoms with Crippen molar-refractivity contribution < 1.29 is 8.83 Å². The Labute approximate surface area is 107 Å². The maximum Gasteiger partial charge on any atom is 0.230 e. The molecule has 1 N–H and O–H groups in total. The highest BCUT2D eigenvalue weighted by molar-refractivity contribution is 4.99. The van der Waals surface area contributed by atoms with Crippen molar-refractivity contribution in [3.05, 3.63) is 35.9 Å². The molecule has 0 radical (unpaired) electrons. The fourth-order valence-corrected chi connectivity index (χ4v) is 1.49. The van der Waals surface area contributed by atoms with Gasteiger partial charge in [-0.15, -0.1) is 10.2 Å². The topological polar surface area (TPSA) is 64.1 Å². The van der Waals surface area contributed by atoms with Gasteiger partial charge < -0.3 is 14.2 Å². The molecule has 0 bridgehead atoms. The molecular formula is C13H19N3O2. The molecule has 0 aromatic carbocycles. The van der Waals surface area contributed by atoms with Crippen LogP contribution in [0.3, 0.4) is 0 Å². The van der Waals surface area contributed by atoms with Gasteiger partial charge in [0.2, 0.25) is 11.8 Å². The molecule has 5 heteroatoms. The van der Waals surface area contributed by atoms with Crippen molar-refractivity contribution in [2.24, 2.45) is 0 Å². The number of hydrogen-bond donors (Lipinski definition) is 1. The lowest BCUT2D eigenvalue weighted by atomic mass is 10.1. The zero-order valence-corrected chi connectivity index (χ0v) is 11.1. The summed E-state index contributed by atoms with van der Waals surface area (Å²) < 4.78 is 10.8. The minimum absolute atomic E-state index is 0.0444. The molecule has 0 unspecified atom stereocenters. The molecule has 2 aromatic heterocycles. The predicted octanol–water partition coefficient (Wildman–Crippen LogP) is 2.34.